The van der Waals surface area contributed by atoms with Crippen molar-refractivity contribution in [1.82, 2.24) is 5.32 Å². The van der Waals surface area contributed by atoms with E-state index in [-0.39, 0.29) is 0 Å². The van der Waals surface area contributed by atoms with Crippen LogP contribution < -0.4 is 5.32 Å². The molecule has 0 aliphatic heterocycles. The third-order valence-electron chi connectivity index (χ3n) is 4.10. The van der Waals surface area contributed by atoms with E-state index in [0.29, 0.717) is 0 Å². The Bertz CT molecular complexity index is 191. The Hall–Kier alpha value is -0.300. The van der Waals surface area contributed by atoms with E-state index in [0.717, 1.165) is 17.8 Å². The molecule has 0 aromatic rings. The summed E-state index contributed by atoms with van der Waals surface area (Å²) < 4.78 is 0. The standard InChI is InChI=1S/C15H27N/c1-2-3-4-5-6-11-16-12-15(13-7-8-13)14-9-10-14/h2,13-16H,1,3-12H2. The van der Waals surface area contributed by atoms with Gasteiger partial charge in [0.2, 0.25) is 0 Å². The minimum absolute atomic E-state index is 1.04. The molecular formula is C15H27N. The van der Waals surface area contributed by atoms with Crippen LogP contribution in [0.25, 0.3) is 0 Å². The number of unbranched alkanes of at least 4 members (excludes halogenated alkanes) is 3. The van der Waals surface area contributed by atoms with Gasteiger partial charge < -0.3 is 5.32 Å². The number of nitrogens with one attached hydrogen (secondary N) is 1. The minimum Gasteiger partial charge on any atom is -0.316 e. The predicted molar refractivity (Wildman–Crippen MR) is 70.5 cm³/mol. The molecule has 0 saturated heterocycles. The third kappa shape index (κ3) is 4.29. The summed E-state index contributed by atoms with van der Waals surface area (Å²) in [5.74, 6) is 3.23. The lowest BCUT2D eigenvalue weighted by Crippen LogP contribution is -2.26. The van der Waals surface area contributed by atoms with Crippen molar-refractivity contribution >= 4 is 0 Å². The summed E-state index contributed by atoms with van der Waals surface area (Å²) in [4.78, 5) is 0. The maximum atomic E-state index is 3.75. The highest BCUT2D eigenvalue weighted by molar-refractivity contribution is 4.92. The molecule has 0 aromatic heterocycles. The highest BCUT2D eigenvalue weighted by atomic mass is 14.9. The van der Waals surface area contributed by atoms with E-state index in [4.69, 9.17) is 0 Å². The van der Waals surface area contributed by atoms with E-state index < -0.39 is 0 Å². The number of hydrogen-bond donors (Lipinski definition) is 1. The van der Waals surface area contributed by atoms with Crippen LogP contribution in [0, 0.1) is 17.8 Å². The zero-order valence-corrected chi connectivity index (χ0v) is 10.6. The van der Waals surface area contributed by atoms with Crippen LogP contribution in [0.2, 0.25) is 0 Å². The highest BCUT2D eigenvalue weighted by Gasteiger charge is 2.40. The molecule has 92 valence electrons. The van der Waals surface area contributed by atoms with Gasteiger partial charge in [0.05, 0.1) is 0 Å². The Kier molecular flexibility index (Phi) is 4.90. The Labute approximate surface area is 101 Å². The summed E-state index contributed by atoms with van der Waals surface area (Å²) in [6.45, 7) is 6.29. The molecule has 0 aromatic carbocycles. The van der Waals surface area contributed by atoms with E-state index in [1.165, 1.54) is 64.5 Å². The first-order valence-electron chi connectivity index (χ1n) is 7.23. The van der Waals surface area contributed by atoms with Gasteiger partial charge in [0, 0.05) is 0 Å². The van der Waals surface area contributed by atoms with Crippen LogP contribution in [-0.4, -0.2) is 13.1 Å². The molecule has 2 aliphatic carbocycles. The van der Waals surface area contributed by atoms with E-state index in [1.54, 1.807) is 0 Å². The first kappa shape index (κ1) is 12.2. The fourth-order valence-corrected chi connectivity index (χ4v) is 2.75. The zero-order valence-electron chi connectivity index (χ0n) is 10.6. The van der Waals surface area contributed by atoms with Gasteiger partial charge in [-0.1, -0.05) is 12.5 Å². The Balaban J connectivity index is 1.45. The number of rotatable bonds is 10. The van der Waals surface area contributed by atoms with Crippen LogP contribution >= 0.6 is 0 Å². The predicted octanol–water partition coefficient (Wildman–Crippen LogP) is 3.76. The van der Waals surface area contributed by atoms with Gasteiger partial charge in [-0.2, -0.15) is 0 Å². The fourth-order valence-electron chi connectivity index (χ4n) is 2.75. The molecule has 1 nitrogen and oxygen atoms in total. The highest BCUT2D eigenvalue weighted by Crippen LogP contribution is 2.48. The van der Waals surface area contributed by atoms with Gasteiger partial charge in [0.25, 0.3) is 0 Å². The van der Waals surface area contributed by atoms with Gasteiger partial charge in [-0.3, -0.25) is 0 Å². The smallest absolute Gasteiger partial charge is 0.00152 e. The van der Waals surface area contributed by atoms with Crippen molar-refractivity contribution in [2.45, 2.75) is 51.4 Å². The molecule has 0 heterocycles. The van der Waals surface area contributed by atoms with Crippen molar-refractivity contribution < 1.29 is 0 Å². The molecule has 1 heteroatoms. The van der Waals surface area contributed by atoms with E-state index in [2.05, 4.69) is 11.9 Å². The molecule has 0 atom stereocenters. The first-order chi connectivity index (χ1) is 7.92. The van der Waals surface area contributed by atoms with Gasteiger partial charge in [0.1, 0.15) is 0 Å². The lowest BCUT2D eigenvalue weighted by molar-refractivity contribution is 0.377. The third-order valence-corrected chi connectivity index (χ3v) is 4.10. The summed E-state index contributed by atoms with van der Waals surface area (Å²) in [5, 5.41) is 3.68. The maximum absolute atomic E-state index is 3.75. The second-order valence-corrected chi connectivity index (χ2v) is 5.68. The molecule has 0 spiro atoms. The van der Waals surface area contributed by atoms with Crippen LogP contribution in [0.1, 0.15) is 51.4 Å². The van der Waals surface area contributed by atoms with Crippen LogP contribution in [0.5, 0.6) is 0 Å². The molecule has 2 fully saturated rings. The lowest BCUT2D eigenvalue weighted by atomic mass is 9.98. The molecule has 0 bridgehead atoms. The van der Waals surface area contributed by atoms with Crippen molar-refractivity contribution in [3.05, 3.63) is 12.7 Å². The van der Waals surface area contributed by atoms with Crippen molar-refractivity contribution in [3.63, 3.8) is 0 Å². The molecule has 0 unspecified atom stereocenters. The molecule has 0 radical (unpaired) electrons. The first-order valence-corrected chi connectivity index (χ1v) is 7.23. The topological polar surface area (TPSA) is 12.0 Å². The van der Waals surface area contributed by atoms with E-state index >= 15 is 0 Å². The minimum atomic E-state index is 1.04. The molecule has 0 amide bonds. The summed E-state index contributed by atoms with van der Waals surface area (Å²) in [6, 6.07) is 0. The van der Waals surface area contributed by atoms with Gasteiger partial charge in [-0.25, -0.2) is 0 Å². The SMILES string of the molecule is C=CCCCCCNCC(C1CC1)C1CC1. The molecule has 2 saturated carbocycles. The Morgan fingerprint density at radius 3 is 2.31 bits per heavy atom. The van der Waals surface area contributed by atoms with Crippen molar-refractivity contribution in [2.24, 2.45) is 17.8 Å². The lowest BCUT2D eigenvalue weighted by Gasteiger charge is -2.16. The van der Waals surface area contributed by atoms with Crippen LogP contribution in [0.4, 0.5) is 0 Å². The van der Waals surface area contributed by atoms with Gasteiger partial charge in [-0.15, -0.1) is 6.58 Å². The van der Waals surface area contributed by atoms with Gasteiger partial charge in [0.15, 0.2) is 0 Å². The second-order valence-electron chi connectivity index (χ2n) is 5.68. The zero-order chi connectivity index (χ0) is 11.2. The molecule has 2 aliphatic rings. The summed E-state index contributed by atoms with van der Waals surface area (Å²) in [5.41, 5.74) is 0. The Morgan fingerprint density at radius 2 is 1.75 bits per heavy atom. The fraction of sp³-hybridized carbons (Fsp3) is 0.867. The quantitative estimate of drug-likeness (QED) is 0.437. The summed E-state index contributed by atoms with van der Waals surface area (Å²) in [6.07, 6.45) is 13.3. The van der Waals surface area contributed by atoms with Crippen molar-refractivity contribution in [1.29, 1.82) is 0 Å². The molecule has 1 N–H and O–H groups in total. The summed E-state index contributed by atoms with van der Waals surface area (Å²) >= 11 is 0. The second kappa shape index (κ2) is 6.44. The van der Waals surface area contributed by atoms with Crippen molar-refractivity contribution in [2.75, 3.05) is 13.1 Å². The van der Waals surface area contributed by atoms with Crippen molar-refractivity contribution in [3.8, 4) is 0 Å². The van der Waals surface area contributed by atoms with Gasteiger partial charge in [-0.05, 0) is 75.8 Å². The largest absolute Gasteiger partial charge is 0.316 e. The monoisotopic (exact) mass is 221 g/mol. The normalized spacial score (nSPS) is 20.3. The number of hydrogen-bond acceptors (Lipinski definition) is 1. The molecule has 16 heavy (non-hydrogen) atoms. The van der Waals surface area contributed by atoms with E-state index in [9.17, 15) is 0 Å². The van der Waals surface area contributed by atoms with Crippen LogP contribution in [0.15, 0.2) is 12.7 Å². The maximum Gasteiger partial charge on any atom is -0.00152 e. The van der Waals surface area contributed by atoms with Gasteiger partial charge >= 0.3 is 0 Å². The average Bonchev–Trinajstić information content (AvgIpc) is 3.16. The molecule has 2 rings (SSSR count). The molecular weight excluding hydrogens is 194 g/mol. The average molecular weight is 221 g/mol. The van der Waals surface area contributed by atoms with Crippen LogP contribution in [-0.2, 0) is 0 Å². The van der Waals surface area contributed by atoms with E-state index in [1.807, 2.05) is 6.08 Å². The summed E-state index contributed by atoms with van der Waals surface area (Å²) in [7, 11) is 0. The number of allylic oxidation sites excluding steroid dienone is 1. The van der Waals surface area contributed by atoms with Crippen LogP contribution in [0.3, 0.4) is 0 Å². The Morgan fingerprint density at radius 1 is 1.06 bits per heavy atom.